The molecule has 2 aromatic rings. The topological polar surface area (TPSA) is 87.9 Å². The monoisotopic (exact) mass is 439 g/mol. The summed E-state index contributed by atoms with van der Waals surface area (Å²) in [5.41, 5.74) is 2.10. The Morgan fingerprint density at radius 1 is 1.12 bits per heavy atom. The molecule has 0 radical (unpaired) electrons. The maximum absolute atomic E-state index is 14.0. The fourth-order valence-corrected chi connectivity index (χ4v) is 4.86. The van der Waals surface area contributed by atoms with E-state index >= 15 is 0 Å². The van der Waals surface area contributed by atoms with Crippen LogP contribution in [0.5, 0.6) is 5.75 Å². The molecule has 1 N–H and O–H groups in total. The van der Waals surface area contributed by atoms with Crippen molar-refractivity contribution >= 4 is 11.6 Å². The van der Waals surface area contributed by atoms with Gasteiger partial charge in [0.25, 0.3) is 5.91 Å². The van der Waals surface area contributed by atoms with Crippen LogP contribution in [0.4, 0.5) is 4.39 Å². The van der Waals surface area contributed by atoms with E-state index in [1.807, 2.05) is 4.90 Å². The van der Waals surface area contributed by atoms with Crippen LogP contribution < -0.4 is 10.1 Å². The van der Waals surface area contributed by atoms with Crippen molar-refractivity contribution in [3.8, 4) is 11.4 Å². The Morgan fingerprint density at radius 2 is 1.81 bits per heavy atom. The summed E-state index contributed by atoms with van der Waals surface area (Å²) >= 11 is 0. The van der Waals surface area contributed by atoms with Crippen LogP contribution in [0.2, 0.25) is 0 Å². The Kier molecular flexibility index (Phi) is 5.16. The Balaban J connectivity index is 1.30. The van der Waals surface area contributed by atoms with Gasteiger partial charge >= 0.3 is 0 Å². The van der Waals surface area contributed by atoms with Crippen molar-refractivity contribution in [2.75, 3.05) is 33.3 Å². The maximum Gasteiger partial charge on any atom is 0.256 e. The average Bonchev–Trinajstić information content (AvgIpc) is 3.53. The third-order valence-corrected chi connectivity index (χ3v) is 6.53. The first-order chi connectivity index (χ1) is 15.4. The summed E-state index contributed by atoms with van der Waals surface area (Å²) in [5, 5.41) is 11.5. The lowest BCUT2D eigenvalue weighted by atomic mass is 10.0. The summed E-state index contributed by atoms with van der Waals surface area (Å²) in [4.78, 5) is 23.5. The van der Waals surface area contributed by atoms with Crippen molar-refractivity contribution in [1.29, 1.82) is 0 Å². The molecular formula is C22H26FN7O2. The van der Waals surface area contributed by atoms with Crippen LogP contribution in [0.1, 0.15) is 24.2 Å². The zero-order valence-corrected chi connectivity index (χ0v) is 18.3. The molecule has 0 spiro atoms. The molecule has 1 amide bonds. The number of aliphatic imine (C=N–C) groups is 1. The molecule has 10 heteroatoms. The number of amides is 1. The number of halogens is 1. The molecule has 2 saturated heterocycles. The lowest BCUT2D eigenvalue weighted by molar-refractivity contribution is 0.0767. The highest BCUT2D eigenvalue weighted by atomic mass is 19.1. The predicted molar refractivity (Wildman–Crippen MR) is 116 cm³/mol. The summed E-state index contributed by atoms with van der Waals surface area (Å²) < 4.78 is 19.3. The minimum Gasteiger partial charge on any atom is -0.497 e. The van der Waals surface area contributed by atoms with Gasteiger partial charge in [-0.05, 0) is 37.8 Å². The molecule has 5 rings (SSSR count). The molecule has 1 aromatic carbocycles. The number of methoxy groups -OCH3 is 1. The number of hydrogen-bond acceptors (Lipinski definition) is 7. The molecule has 2 fully saturated rings. The van der Waals surface area contributed by atoms with E-state index in [2.05, 4.69) is 25.4 Å². The highest BCUT2D eigenvalue weighted by Crippen LogP contribution is 2.34. The lowest BCUT2D eigenvalue weighted by Gasteiger charge is -2.31. The molecule has 0 aliphatic carbocycles. The van der Waals surface area contributed by atoms with E-state index in [0.717, 1.165) is 13.1 Å². The Bertz CT molecular complexity index is 1080. The number of carbonyl (C=O) groups excluding carboxylic acids is 1. The maximum atomic E-state index is 14.0. The van der Waals surface area contributed by atoms with Gasteiger partial charge in [-0.3, -0.25) is 9.69 Å². The van der Waals surface area contributed by atoms with E-state index in [4.69, 9.17) is 4.74 Å². The van der Waals surface area contributed by atoms with Gasteiger partial charge in [0, 0.05) is 37.9 Å². The smallest absolute Gasteiger partial charge is 0.256 e. The third-order valence-electron chi connectivity index (χ3n) is 6.53. The van der Waals surface area contributed by atoms with Crippen LogP contribution >= 0.6 is 0 Å². The normalized spacial score (nSPS) is 25.6. The van der Waals surface area contributed by atoms with Crippen LogP contribution in [0.15, 0.2) is 47.1 Å². The first-order valence-electron chi connectivity index (χ1n) is 10.7. The standard InChI is InChI=1S/C22H26FN7O2/c1-13-20(23)14(2)27-22(26-13)29-11-15-9-28(10-16(15)12-29)21(31)18-5-4-17(32-3)8-19(18)30-24-6-7-25-30/h4-8,15-16,22,26H,9-12H2,1-3H3. The molecule has 168 valence electrons. The highest BCUT2D eigenvalue weighted by molar-refractivity contribution is 5.98. The Labute approximate surface area is 185 Å². The molecule has 3 aliphatic rings. The van der Waals surface area contributed by atoms with Crippen LogP contribution in [-0.4, -0.2) is 76.0 Å². The van der Waals surface area contributed by atoms with Crippen molar-refractivity contribution in [2.45, 2.75) is 20.1 Å². The number of likely N-dealkylation sites (tertiary alicyclic amines) is 2. The number of allylic oxidation sites excluding steroid dienone is 2. The van der Waals surface area contributed by atoms with Crippen LogP contribution in [-0.2, 0) is 0 Å². The molecule has 3 unspecified atom stereocenters. The summed E-state index contributed by atoms with van der Waals surface area (Å²) in [7, 11) is 1.59. The number of nitrogens with zero attached hydrogens (tertiary/aromatic N) is 6. The van der Waals surface area contributed by atoms with Gasteiger partial charge in [0.15, 0.2) is 12.1 Å². The van der Waals surface area contributed by atoms with Gasteiger partial charge < -0.3 is 15.0 Å². The van der Waals surface area contributed by atoms with Crippen LogP contribution in [0.3, 0.4) is 0 Å². The van der Waals surface area contributed by atoms with E-state index in [1.54, 1.807) is 51.6 Å². The molecule has 0 saturated carbocycles. The summed E-state index contributed by atoms with van der Waals surface area (Å²) in [5.74, 6) is 1.04. The first kappa shape index (κ1) is 20.6. The van der Waals surface area contributed by atoms with Gasteiger partial charge in [-0.25, -0.2) is 9.38 Å². The molecule has 32 heavy (non-hydrogen) atoms. The highest BCUT2D eigenvalue weighted by Gasteiger charge is 2.44. The molecule has 4 heterocycles. The van der Waals surface area contributed by atoms with Crippen molar-refractivity contribution in [3.63, 3.8) is 0 Å². The van der Waals surface area contributed by atoms with E-state index < -0.39 is 0 Å². The number of rotatable bonds is 4. The summed E-state index contributed by atoms with van der Waals surface area (Å²) in [6, 6.07) is 5.33. The number of nitrogens with one attached hydrogen (secondary N) is 1. The number of fused-ring (bicyclic) bond motifs is 1. The van der Waals surface area contributed by atoms with Gasteiger partial charge in [0.2, 0.25) is 0 Å². The van der Waals surface area contributed by atoms with E-state index in [-0.39, 0.29) is 18.0 Å². The second-order valence-corrected chi connectivity index (χ2v) is 8.56. The first-order valence-corrected chi connectivity index (χ1v) is 10.7. The van der Waals surface area contributed by atoms with Crippen LogP contribution in [0.25, 0.3) is 5.69 Å². The van der Waals surface area contributed by atoms with Crippen molar-refractivity contribution in [2.24, 2.45) is 16.8 Å². The van der Waals surface area contributed by atoms with Crippen molar-refractivity contribution in [3.05, 3.63) is 47.7 Å². The molecule has 3 aliphatic heterocycles. The second kappa shape index (κ2) is 8.01. The van der Waals surface area contributed by atoms with Gasteiger partial charge in [-0.1, -0.05) is 0 Å². The fraction of sp³-hybridized carbons (Fsp3) is 0.455. The van der Waals surface area contributed by atoms with Gasteiger partial charge in [-0.15, -0.1) is 0 Å². The number of hydrogen-bond donors (Lipinski definition) is 1. The second-order valence-electron chi connectivity index (χ2n) is 8.56. The van der Waals surface area contributed by atoms with Crippen LogP contribution in [0, 0.1) is 11.8 Å². The Morgan fingerprint density at radius 3 is 2.44 bits per heavy atom. The molecule has 0 bridgehead atoms. The molecule has 1 aromatic heterocycles. The minimum atomic E-state index is -0.278. The Hall–Kier alpha value is -3.27. The van der Waals surface area contributed by atoms with E-state index in [0.29, 0.717) is 53.3 Å². The SMILES string of the molecule is COc1ccc(C(=O)N2CC3CN(C4N=C(C)C(F)=C(C)N4)CC3C2)c(-n2nccn2)c1. The van der Waals surface area contributed by atoms with Crippen molar-refractivity contribution in [1.82, 2.24) is 30.1 Å². The molecule has 9 nitrogen and oxygen atoms in total. The van der Waals surface area contributed by atoms with E-state index in [1.165, 1.54) is 4.80 Å². The quantitative estimate of drug-likeness (QED) is 0.782. The van der Waals surface area contributed by atoms with Gasteiger partial charge in [0.05, 0.1) is 30.8 Å². The van der Waals surface area contributed by atoms with Crippen molar-refractivity contribution < 1.29 is 13.9 Å². The number of carbonyl (C=O) groups is 1. The predicted octanol–water partition coefficient (Wildman–Crippen LogP) is 1.83. The fourth-order valence-electron chi connectivity index (χ4n) is 4.86. The van der Waals surface area contributed by atoms with Gasteiger partial charge in [0.1, 0.15) is 11.4 Å². The zero-order valence-electron chi connectivity index (χ0n) is 18.3. The number of aromatic nitrogens is 3. The van der Waals surface area contributed by atoms with Gasteiger partial charge in [-0.2, -0.15) is 15.0 Å². The lowest BCUT2D eigenvalue weighted by Crippen LogP contribution is -2.46. The number of benzene rings is 1. The zero-order chi connectivity index (χ0) is 22.4. The third kappa shape index (κ3) is 3.54. The summed E-state index contributed by atoms with van der Waals surface area (Å²) in [6.45, 7) is 6.42. The average molecular weight is 439 g/mol. The molecular weight excluding hydrogens is 413 g/mol. The largest absolute Gasteiger partial charge is 0.497 e. The number of ether oxygens (including phenoxy) is 1. The van der Waals surface area contributed by atoms with E-state index in [9.17, 15) is 9.18 Å². The molecule has 3 atom stereocenters. The summed E-state index contributed by atoms with van der Waals surface area (Å²) in [6.07, 6.45) is 2.91. The minimum absolute atomic E-state index is 0.0357.